The van der Waals surface area contributed by atoms with Gasteiger partial charge in [0, 0.05) is 38.2 Å². The Kier molecular flexibility index (Phi) is 40.6. The Labute approximate surface area is 273 Å². The number of phosphoric acid groups is 3. The van der Waals surface area contributed by atoms with Crippen LogP contribution in [0.5, 0.6) is 0 Å². The van der Waals surface area contributed by atoms with Crippen molar-refractivity contribution in [3.63, 3.8) is 0 Å². The third kappa shape index (κ3) is 41.7. The van der Waals surface area contributed by atoms with Gasteiger partial charge in [0.1, 0.15) is 0 Å². The van der Waals surface area contributed by atoms with Crippen molar-refractivity contribution in [1.82, 2.24) is 0 Å². The topological polar surface area (TPSA) is 167 Å². The molecule has 0 unspecified atom stereocenters. The molecule has 0 bridgehead atoms. The predicted molar refractivity (Wildman–Crippen MR) is 155 cm³/mol. The van der Waals surface area contributed by atoms with Crippen LogP contribution in [0.1, 0.15) is 119 Å². The molecule has 16 heteroatoms. The minimum atomic E-state index is -3.75. The summed E-state index contributed by atoms with van der Waals surface area (Å²) >= 11 is 0. The summed E-state index contributed by atoms with van der Waals surface area (Å²) in [4.78, 5) is 27.2. The molecule has 0 aromatic rings. The van der Waals surface area contributed by atoms with E-state index in [9.17, 15) is 13.7 Å². The summed E-state index contributed by atoms with van der Waals surface area (Å²) in [7, 11) is -11.3. The Morgan fingerprint density at radius 3 is 0.600 bits per heavy atom. The maximum Gasteiger partial charge on any atom is 0.472 e. The maximum absolute atomic E-state index is 11.1. The van der Waals surface area contributed by atoms with Gasteiger partial charge in [0.25, 0.3) is 0 Å². The van der Waals surface area contributed by atoms with Crippen LogP contribution in [-0.2, 0) is 40.8 Å². The first-order chi connectivity index (χ1) is 18.4. The van der Waals surface area contributed by atoms with Gasteiger partial charge in [-0.15, -0.1) is 0 Å². The molecule has 0 heterocycles. The van der Waals surface area contributed by atoms with Gasteiger partial charge >= 0.3 is 23.5 Å². The van der Waals surface area contributed by atoms with Crippen LogP contribution in [-0.4, -0.2) is 54.3 Å². The number of rotatable bonds is 24. The van der Waals surface area contributed by atoms with Crippen LogP contribution in [0.25, 0.3) is 0 Å². The van der Waals surface area contributed by atoms with Gasteiger partial charge in [-0.3, -0.25) is 27.1 Å². The molecule has 0 aliphatic rings. The van der Waals surface area contributed by atoms with E-state index in [0.29, 0.717) is 0 Å². The monoisotopic (exact) mass is 794 g/mol. The Morgan fingerprint density at radius 1 is 0.375 bits per heavy atom. The summed E-state index contributed by atoms with van der Waals surface area (Å²) in [6.07, 6.45) is 10.3. The largest absolute Gasteiger partial charge is 0.472 e. The maximum atomic E-state index is 11.1. The van der Waals surface area contributed by atoms with Gasteiger partial charge in [-0.2, -0.15) is 0 Å². The standard InChI is InChI=1S/3C8H19O4P.Dy/c3*1-3-5-7-11-13(9,10)12-8-6-4-2;/h3*3-8H2,1-2H3,(H,9,10);. The molecule has 0 rings (SSSR count). The van der Waals surface area contributed by atoms with Crippen LogP contribution in [0.3, 0.4) is 0 Å². The molecule has 0 aliphatic heterocycles. The zero-order valence-corrected chi connectivity index (χ0v) is 30.1. The zero-order valence-electron chi connectivity index (χ0n) is 25.4. The second kappa shape index (κ2) is 33.5. The molecule has 40 heavy (non-hydrogen) atoms. The molecule has 0 fully saturated rings. The summed E-state index contributed by atoms with van der Waals surface area (Å²) in [6.45, 7) is 13.7. The van der Waals surface area contributed by atoms with Crippen LogP contribution in [0.15, 0.2) is 0 Å². The van der Waals surface area contributed by atoms with E-state index in [1.807, 2.05) is 41.5 Å². The van der Waals surface area contributed by atoms with Crippen molar-refractivity contribution in [3.05, 3.63) is 0 Å². The quantitative estimate of drug-likeness (QED) is 0.0635. The van der Waals surface area contributed by atoms with Crippen LogP contribution in [0.4, 0.5) is 0 Å². The fourth-order valence-corrected chi connectivity index (χ4v) is 4.44. The number of hydrogen-bond acceptors (Lipinski definition) is 9. The second-order valence-electron chi connectivity index (χ2n) is 8.53. The Morgan fingerprint density at radius 2 is 0.500 bits per heavy atom. The van der Waals surface area contributed by atoms with Gasteiger partial charge in [0.2, 0.25) is 0 Å². The number of hydrogen-bond donors (Lipinski definition) is 3. The second-order valence-corrected chi connectivity index (χ2v) is 12.9. The Hall–Kier alpha value is 1.60. The minimum absolute atomic E-state index is 0. The predicted octanol–water partition coefficient (Wildman–Crippen LogP) is 8.16. The van der Waals surface area contributed by atoms with Gasteiger partial charge in [-0.1, -0.05) is 80.1 Å². The molecule has 0 aromatic heterocycles. The van der Waals surface area contributed by atoms with E-state index >= 15 is 0 Å². The first kappa shape index (κ1) is 48.5. The van der Waals surface area contributed by atoms with Gasteiger partial charge in [0.15, 0.2) is 0 Å². The first-order valence-corrected chi connectivity index (χ1v) is 18.7. The molecular weight excluding hydrogens is 736 g/mol. The summed E-state index contributed by atoms with van der Waals surface area (Å²) in [6, 6.07) is 0. The summed E-state index contributed by atoms with van der Waals surface area (Å²) in [5, 5.41) is 0. The van der Waals surface area contributed by atoms with E-state index in [0.717, 1.165) is 77.0 Å². The van der Waals surface area contributed by atoms with E-state index in [-0.39, 0.29) is 77.8 Å². The van der Waals surface area contributed by atoms with Gasteiger partial charge in [0.05, 0.1) is 39.6 Å². The van der Waals surface area contributed by atoms with Gasteiger partial charge in [-0.25, -0.2) is 13.7 Å². The molecule has 0 radical (unpaired) electrons. The van der Waals surface area contributed by atoms with E-state index < -0.39 is 23.5 Å². The summed E-state index contributed by atoms with van der Waals surface area (Å²) < 4.78 is 61.5. The molecule has 0 amide bonds. The average Bonchev–Trinajstić information content (AvgIpc) is 2.85. The SMILES string of the molecule is CCCCOP(=O)(O)OCCCC.CCCCOP(=O)(O)OCCCC.CCCCOP(=O)(O)OCCCC.[Dy]. The average molecular weight is 793 g/mol. The Bertz CT molecular complexity index is 531. The first-order valence-electron chi connectivity index (χ1n) is 14.2. The van der Waals surface area contributed by atoms with Crippen molar-refractivity contribution in [3.8, 4) is 0 Å². The van der Waals surface area contributed by atoms with Crippen molar-refractivity contribution < 1.29 is 93.7 Å². The van der Waals surface area contributed by atoms with E-state index in [1.165, 1.54) is 0 Å². The molecule has 0 aliphatic carbocycles. The van der Waals surface area contributed by atoms with E-state index in [1.54, 1.807) is 0 Å². The Balaban J connectivity index is -0.000000240. The number of unbranched alkanes of at least 4 members (excludes halogenated alkanes) is 6. The van der Waals surface area contributed by atoms with Gasteiger partial charge in [-0.05, 0) is 38.5 Å². The van der Waals surface area contributed by atoms with Gasteiger partial charge < -0.3 is 14.7 Å². The third-order valence-electron chi connectivity index (χ3n) is 4.51. The van der Waals surface area contributed by atoms with Crippen molar-refractivity contribution in [2.45, 2.75) is 119 Å². The molecule has 12 nitrogen and oxygen atoms in total. The molecule has 0 aromatic carbocycles. The van der Waals surface area contributed by atoms with Crippen LogP contribution < -0.4 is 0 Å². The van der Waals surface area contributed by atoms with Crippen molar-refractivity contribution in [2.24, 2.45) is 0 Å². The van der Waals surface area contributed by atoms with Crippen molar-refractivity contribution in [1.29, 1.82) is 0 Å². The van der Waals surface area contributed by atoms with Crippen molar-refractivity contribution >= 4 is 23.5 Å². The molecule has 0 spiro atoms. The van der Waals surface area contributed by atoms with Crippen LogP contribution in [0, 0.1) is 38.2 Å². The molecule has 3 N–H and O–H groups in total. The smallest absolute Gasteiger partial charge is 0.302 e. The fraction of sp³-hybridized carbons (Fsp3) is 1.00. The summed E-state index contributed by atoms with van der Waals surface area (Å²) in [5.41, 5.74) is 0. The minimum Gasteiger partial charge on any atom is -0.302 e. The molecule has 0 atom stereocenters. The normalized spacial score (nSPS) is 11.6. The van der Waals surface area contributed by atoms with E-state index in [2.05, 4.69) is 0 Å². The summed E-state index contributed by atoms with van der Waals surface area (Å²) in [5.74, 6) is 0. The van der Waals surface area contributed by atoms with E-state index in [4.69, 9.17) is 41.8 Å². The zero-order chi connectivity index (χ0) is 30.5. The molecular formula is C24H57DyO12P3. The molecule has 0 saturated carbocycles. The molecule has 250 valence electrons. The van der Waals surface area contributed by atoms with Crippen LogP contribution >= 0.6 is 23.5 Å². The van der Waals surface area contributed by atoms with Crippen molar-refractivity contribution in [2.75, 3.05) is 39.6 Å². The third-order valence-corrected chi connectivity index (χ3v) is 7.57. The fourth-order valence-electron chi connectivity index (χ4n) is 2.06. The molecule has 0 saturated heterocycles. The number of phosphoric ester groups is 3. The van der Waals surface area contributed by atoms with Crippen LogP contribution in [0.2, 0.25) is 0 Å².